The molecule has 0 N–H and O–H groups in total. The molecule has 2 nitrogen and oxygen atoms in total. The van der Waals surface area contributed by atoms with E-state index in [0.29, 0.717) is 0 Å². The smallest absolute Gasteiger partial charge is 0.0904 e. The Labute approximate surface area is 128 Å². The molecule has 2 aromatic rings. The molecule has 1 aliphatic heterocycles. The lowest BCUT2D eigenvalue weighted by Gasteiger charge is -2.22. The van der Waals surface area contributed by atoms with E-state index in [9.17, 15) is 0 Å². The minimum Gasteiger partial charge on any atom is -0.352 e. The van der Waals surface area contributed by atoms with E-state index >= 15 is 0 Å². The number of hydrogen-bond donors (Lipinski definition) is 0. The maximum atomic E-state index is 2.47. The molecule has 0 aliphatic carbocycles. The fourth-order valence-corrected chi connectivity index (χ4v) is 3.28. The molecule has 110 valence electrons. The highest BCUT2D eigenvalue weighted by atomic mass is 15.4. The standard InChI is InChI=1S/C19H24N2/c1-14-7-15(2)10-18(9-14)20-5-6-21(13-20)19-11-16(3)8-17(4)12-19/h7-12H,5-6,13H2,1-4H3. The van der Waals surface area contributed by atoms with E-state index < -0.39 is 0 Å². The first-order valence-corrected chi connectivity index (χ1v) is 7.68. The molecule has 1 saturated heterocycles. The van der Waals surface area contributed by atoms with Crippen LogP contribution in [-0.2, 0) is 0 Å². The van der Waals surface area contributed by atoms with Crippen molar-refractivity contribution in [3.8, 4) is 0 Å². The summed E-state index contributed by atoms with van der Waals surface area (Å²) in [6, 6.07) is 13.6. The molecule has 2 heteroatoms. The van der Waals surface area contributed by atoms with Crippen molar-refractivity contribution in [3.63, 3.8) is 0 Å². The minimum absolute atomic E-state index is 0.978. The molecule has 2 aromatic carbocycles. The van der Waals surface area contributed by atoms with Gasteiger partial charge in [0.1, 0.15) is 0 Å². The Balaban J connectivity index is 1.81. The summed E-state index contributed by atoms with van der Waals surface area (Å²) in [5, 5.41) is 0. The largest absolute Gasteiger partial charge is 0.352 e. The van der Waals surface area contributed by atoms with Crippen LogP contribution >= 0.6 is 0 Å². The fourth-order valence-electron chi connectivity index (χ4n) is 3.28. The van der Waals surface area contributed by atoms with E-state index in [1.165, 1.54) is 33.6 Å². The van der Waals surface area contributed by atoms with Crippen molar-refractivity contribution in [2.45, 2.75) is 27.7 Å². The Kier molecular flexibility index (Phi) is 3.62. The van der Waals surface area contributed by atoms with Gasteiger partial charge in [0.25, 0.3) is 0 Å². The van der Waals surface area contributed by atoms with Crippen LogP contribution in [0.5, 0.6) is 0 Å². The van der Waals surface area contributed by atoms with Gasteiger partial charge in [0.15, 0.2) is 0 Å². The second-order valence-corrected chi connectivity index (χ2v) is 6.36. The number of nitrogens with zero attached hydrogens (tertiary/aromatic N) is 2. The molecule has 0 spiro atoms. The highest BCUT2D eigenvalue weighted by Gasteiger charge is 2.21. The van der Waals surface area contributed by atoms with Crippen LogP contribution in [0.2, 0.25) is 0 Å². The molecular formula is C19H24N2. The van der Waals surface area contributed by atoms with Crippen LogP contribution in [0.4, 0.5) is 11.4 Å². The van der Waals surface area contributed by atoms with Gasteiger partial charge in [-0.05, 0) is 74.2 Å². The van der Waals surface area contributed by atoms with Crippen molar-refractivity contribution in [3.05, 3.63) is 58.7 Å². The minimum atomic E-state index is 0.978. The Morgan fingerprint density at radius 2 is 0.905 bits per heavy atom. The fraction of sp³-hybridized carbons (Fsp3) is 0.368. The second-order valence-electron chi connectivity index (χ2n) is 6.36. The summed E-state index contributed by atoms with van der Waals surface area (Å²) in [6.45, 7) is 11.9. The van der Waals surface area contributed by atoms with Gasteiger partial charge in [0.05, 0.1) is 6.67 Å². The average molecular weight is 280 g/mol. The van der Waals surface area contributed by atoms with Crippen LogP contribution in [0.3, 0.4) is 0 Å². The number of benzene rings is 2. The zero-order chi connectivity index (χ0) is 15.0. The summed E-state index contributed by atoms with van der Waals surface area (Å²) in [6.07, 6.45) is 0. The van der Waals surface area contributed by atoms with Gasteiger partial charge in [-0.3, -0.25) is 0 Å². The SMILES string of the molecule is Cc1cc(C)cc(N2CCN(c3cc(C)cc(C)c3)C2)c1. The third kappa shape index (κ3) is 3.05. The van der Waals surface area contributed by atoms with Gasteiger partial charge in [-0.25, -0.2) is 0 Å². The second kappa shape index (κ2) is 5.44. The van der Waals surface area contributed by atoms with Crippen molar-refractivity contribution in [2.75, 3.05) is 29.6 Å². The first-order valence-electron chi connectivity index (χ1n) is 7.68. The summed E-state index contributed by atoms with van der Waals surface area (Å²) in [4.78, 5) is 4.94. The number of aryl methyl sites for hydroxylation is 4. The van der Waals surface area contributed by atoms with Gasteiger partial charge in [-0.2, -0.15) is 0 Å². The molecule has 1 heterocycles. The molecule has 3 rings (SSSR count). The average Bonchev–Trinajstić information content (AvgIpc) is 2.85. The van der Waals surface area contributed by atoms with E-state index in [-0.39, 0.29) is 0 Å². The van der Waals surface area contributed by atoms with E-state index in [4.69, 9.17) is 0 Å². The highest BCUT2D eigenvalue weighted by molar-refractivity contribution is 5.58. The van der Waals surface area contributed by atoms with Gasteiger partial charge >= 0.3 is 0 Å². The Bertz CT molecular complexity index is 563. The Morgan fingerprint density at radius 3 is 1.24 bits per heavy atom. The first-order chi connectivity index (χ1) is 10.0. The summed E-state index contributed by atoms with van der Waals surface area (Å²) >= 11 is 0. The van der Waals surface area contributed by atoms with E-state index in [2.05, 4.69) is 73.9 Å². The Hall–Kier alpha value is -1.96. The predicted octanol–water partition coefficient (Wildman–Crippen LogP) is 4.20. The lowest BCUT2D eigenvalue weighted by molar-refractivity contribution is 0.946. The van der Waals surface area contributed by atoms with Crippen LogP contribution < -0.4 is 9.80 Å². The quantitative estimate of drug-likeness (QED) is 0.813. The summed E-state index contributed by atoms with van der Waals surface area (Å²) in [7, 11) is 0. The van der Waals surface area contributed by atoms with Crippen molar-refractivity contribution in [2.24, 2.45) is 0 Å². The molecule has 0 aromatic heterocycles. The van der Waals surface area contributed by atoms with Gasteiger partial charge in [0.2, 0.25) is 0 Å². The maximum absolute atomic E-state index is 2.47. The molecule has 0 amide bonds. The van der Waals surface area contributed by atoms with Crippen LogP contribution in [0.25, 0.3) is 0 Å². The van der Waals surface area contributed by atoms with E-state index in [1.54, 1.807) is 0 Å². The third-order valence-electron chi connectivity index (χ3n) is 4.12. The van der Waals surface area contributed by atoms with Crippen LogP contribution in [0.1, 0.15) is 22.3 Å². The summed E-state index contributed by atoms with van der Waals surface area (Å²) in [5.41, 5.74) is 8.06. The monoisotopic (exact) mass is 280 g/mol. The summed E-state index contributed by atoms with van der Waals surface area (Å²) in [5.74, 6) is 0. The number of anilines is 2. The van der Waals surface area contributed by atoms with Crippen molar-refractivity contribution in [1.29, 1.82) is 0 Å². The lowest BCUT2D eigenvalue weighted by atomic mass is 10.1. The van der Waals surface area contributed by atoms with Gasteiger partial charge in [-0.1, -0.05) is 12.1 Å². The zero-order valence-corrected chi connectivity index (χ0v) is 13.5. The van der Waals surface area contributed by atoms with Crippen molar-refractivity contribution >= 4 is 11.4 Å². The van der Waals surface area contributed by atoms with E-state index in [0.717, 1.165) is 19.8 Å². The normalized spacial score (nSPS) is 14.9. The topological polar surface area (TPSA) is 6.48 Å². The van der Waals surface area contributed by atoms with Crippen LogP contribution in [-0.4, -0.2) is 19.8 Å². The van der Waals surface area contributed by atoms with Crippen LogP contribution in [0.15, 0.2) is 36.4 Å². The van der Waals surface area contributed by atoms with Crippen molar-refractivity contribution < 1.29 is 0 Å². The molecular weight excluding hydrogens is 256 g/mol. The van der Waals surface area contributed by atoms with E-state index in [1.807, 2.05) is 0 Å². The maximum Gasteiger partial charge on any atom is 0.0904 e. The summed E-state index contributed by atoms with van der Waals surface area (Å²) < 4.78 is 0. The molecule has 1 aliphatic rings. The molecule has 1 fully saturated rings. The molecule has 0 atom stereocenters. The van der Waals surface area contributed by atoms with Gasteiger partial charge < -0.3 is 9.80 Å². The number of rotatable bonds is 2. The molecule has 0 radical (unpaired) electrons. The predicted molar refractivity (Wildman–Crippen MR) is 91.4 cm³/mol. The first kappa shape index (κ1) is 14.0. The van der Waals surface area contributed by atoms with Crippen molar-refractivity contribution in [1.82, 2.24) is 0 Å². The Morgan fingerprint density at radius 1 is 0.571 bits per heavy atom. The van der Waals surface area contributed by atoms with Crippen LogP contribution in [0, 0.1) is 27.7 Å². The lowest BCUT2D eigenvalue weighted by Crippen LogP contribution is -2.25. The van der Waals surface area contributed by atoms with Gasteiger partial charge in [0, 0.05) is 24.5 Å². The molecule has 0 unspecified atom stereocenters. The van der Waals surface area contributed by atoms with Gasteiger partial charge in [-0.15, -0.1) is 0 Å². The number of hydrogen-bond acceptors (Lipinski definition) is 2. The molecule has 0 saturated carbocycles. The molecule has 21 heavy (non-hydrogen) atoms. The third-order valence-corrected chi connectivity index (χ3v) is 4.12. The molecule has 0 bridgehead atoms. The highest BCUT2D eigenvalue weighted by Crippen LogP contribution is 2.26. The zero-order valence-electron chi connectivity index (χ0n) is 13.5.